The maximum absolute atomic E-state index is 12.6. The molecule has 2 aliphatic heterocycles. The Balaban J connectivity index is 1.04. The van der Waals surface area contributed by atoms with E-state index in [2.05, 4.69) is 30.2 Å². The number of hydrogen-bond acceptors (Lipinski definition) is 10. The average Bonchev–Trinajstić information content (AvgIpc) is 3.43. The number of hydrogen-bond donors (Lipinski definition) is 2. The lowest BCUT2D eigenvalue weighted by atomic mass is 10.1. The summed E-state index contributed by atoms with van der Waals surface area (Å²) in [6.45, 7) is 5.07. The average molecular weight is 582 g/mol. The third kappa shape index (κ3) is 6.50. The van der Waals surface area contributed by atoms with Gasteiger partial charge in [0.15, 0.2) is 0 Å². The molecule has 2 aliphatic rings. The van der Waals surface area contributed by atoms with Gasteiger partial charge in [-0.05, 0) is 17.2 Å². The van der Waals surface area contributed by atoms with Crippen molar-refractivity contribution in [2.24, 2.45) is 10.7 Å². The molecule has 1 amide bonds. The van der Waals surface area contributed by atoms with E-state index >= 15 is 0 Å². The Kier molecular flexibility index (Phi) is 8.57. The van der Waals surface area contributed by atoms with Gasteiger partial charge in [-0.1, -0.05) is 24.3 Å². The Morgan fingerprint density at radius 2 is 2.02 bits per heavy atom. The summed E-state index contributed by atoms with van der Waals surface area (Å²) in [5.74, 6) is 1.55. The first-order valence-electron chi connectivity index (χ1n) is 14.3. The van der Waals surface area contributed by atoms with Gasteiger partial charge in [0.05, 0.1) is 49.9 Å². The molecule has 3 aromatic heterocycles. The van der Waals surface area contributed by atoms with Gasteiger partial charge in [-0.25, -0.2) is 15.0 Å². The number of rotatable bonds is 11. The van der Waals surface area contributed by atoms with Crippen molar-refractivity contribution in [2.75, 3.05) is 58.4 Å². The lowest BCUT2D eigenvalue weighted by Gasteiger charge is -2.42. The van der Waals surface area contributed by atoms with Gasteiger partial charge in [0.1, 0.15) is 30.1 Å². The molecule has 0 spiro atoms. The number of ether oxygens (including phenoxy) is 2. The highest BCUT2D eigenvalue weighted by Gasteiger charge is 2.32. The molecule has 12 nitrogen and oxygen atoms in total. The molecular weight excluding hydrogens is 546 g/mol. The summed E-state index contributed by atoms with van der Waals surface area (Å²) < 4.78 is 13.2. The highest BCUT2D eigenvalue weighted by atomic mass is 16.5. The number of nitrogens with two attached hydrogens (primary N) is 1. The zero-order valence-corrected chi connectivity index (χ0v) is 24.1. The first kappa shape index (κ1) is 28.3. The Morgan fingerprint density at radius 1 is 1.16 bits per heavy atom. The number of fused-ring (bicyclic) bond motifs is 1. The normalized spacial score (nSPS) is 16.6. The lowest BCUT2D eigenvalue weighted by Crippen LogP contribution is -2.59. The highest BCUT2D eigenvalue weighted by molar-refractivity contribution is 6.09. The van der Waals surface area contributed by atoms with E-state index in [9.17, 15) is 4.79 Å². The van der Waals surface area contributed by atoms with E-state index in [4.69, 9.17) is 15.2 Å². The number of nitrogens with zero attached hydrogens (tertiary/aromatic N) is 7. The number of amides is 1. The minimum atomic E-state index is 0.142. The van der Waals surface area contributed by atoms with Crippen molar-refractivity contribution in [1.82, 2.24) is 29.2 Å². The van der Waals surface area contributed by atoms with Crippen LogP contribution in [0.1, 0.15) is 11.1 Å². The van der Waals surface area contributed by atoms with E-state index in [1.54, 1.807) is 32.0 Å². The Bertz CT molecular complexity index is 1630. The molecule has 3 N–H and O–H groups in total. The molecule has 0 unspecified atom stereocenters. The van der Waals surface area contributed by atoms with Crippen LogP contribution in [0.3, 0.4) is 0 Å². The van der Waals surface area contributed by atoms with Gasteiger partial charge in [-0.2, -0.15) is 0 Å². The second-order valence-corrected chi connectivity index (χ2v) is 10.5. The first-order valence-corrected chi connectivity index (χ1v) is 14.3. The molecule has 0 atom stereocenters. The van der Waals surface area contributed by atoms with Crippen molar-refractivity contribution in [3.05, 3.63) is 78.5 Å². The SMILES string of the molecule is CN=CC(=CN)c1ccc(CNc2cc(-c3cnc4cc(OCCN5CCN(C6COC6)CC5=O)ccn34)ncn2)cc1. The molecule has 4 aromatic rings. The van der Waals surface area contributed by atoms with Crippen LogP contribution in [-0.2, 0) is 16.1 Å². The number of carbonyl (C=O) groups excluding carboxylic acids is 1. The summed E-state index contributed by atoms with van der Waals surface area (Å²) in [4.78, 5) is 34.1. The van der Waals surface area contributed by atoms with Crippen LogP contribution in [0, 0.1) is 0 Å². The fourth-order valence-electron chi connectivity index (χ4n) is 5.18. The van der Waals surface area contributed by atoms with Gasteiger partial charge in [0.2, 0.25) is 5.91 Å². The molecule has 1 aromatic carbocycles. The van der Waals surface area contributed by atoms with Gasteiger partial charge < -0.3 is 25.4 Å². The maximum atomic E-state index is 12.6. The monoisotopic (exact) mass is 581 g/mol. The maximum Gasteiger partial charge on any atom is 0.236 e. The molecule has 2 saturated heterocycles. The number of anilines is 1. The Morgan fingerprint density at radius 3 is 2.77 bits per heavy atom. The van der Waals surface area contributed by atoms with Crippen molar-refractivity contribution in [2.45, 2.75) is 12.6 Å². The zero-order valence-electron chi connectivity index (χ0n) is 24.1. The number of nitrogens with one attached hydrogen (secondary N) is 1. The molecule has 222 valence electrons. The van der Waals surface area contributed by atoms with Crippen molar-refractivity contribution in [3.8, 4) is 17.1 Å². The van der Waals surface area contributed by atoms with E-state index in [0.717, 1.165) is 53.5 Å². The molecule has 0 aliphatic carbocycles. The first-order chi connectivity index (χ1) is 21.1. The molecule has 2 fully saturated rings. The van der Waals surface area contributed by atoms with Crippen molar-refractivity contribution in [3.63, 3.8) is 0 Å². The fraction of sp³-hybridized carbons (Fsp3) is 0.323. The summed E-state index contributed by atoms with van der Waals surface area (Å²) in [5.41, 5.74) is 11.0. The van der Waals surface area contributed by atoms with Gasteiger partial charge >= 0.3 is 0 Å². The smallest absolute Gasteiger partial charge is 0.236 e. The molecule has 12 heteroatoms. The van der Waals surface area contributed by atoms with Crippen molar-refractivity contribution >= 4 is 29.2 Å². The van der Waals surface area contributed by atoms with Crippen LogP contribution in [0.4, 0.5) is 5.82 Å². The second kappa shape index (κ2) is 13.0. The van der Waals surface area contributed by atoms with Crippen molar-refractivity contribution in [1.29, 1.82) is 0 Å². The molecular formula is C31H35N9O3. The second-order valence-electron chi connectivity index (χ2n) is 10.5. The summed E-state index contributed by atoms with van der Waals surface area (Å²) in [7, 11) is 1.72. The number of imidazole rings is 1. The number of aliphatic imine (C=N–C) groups is 1. The predicted octanol–water partition coefficient (Wildman–Crippen LogP) is 2.33. The molecule has 5 heterocycles. The predicted molar refractivity (Wildman–Crippen MR) is 165 cm³/mol. The number of piperazine rings is 1. The number of benzene rings is 1. The molecule has 0 radical (unpaired) electrons. The third-order valence-electron chi connectivity index (χ3n) is 7.74. The summed E-state index contributed by atoms with van der Waals surface area (Å²) in [6.07, 6.45) is 8.54. The number of pyridine rings is 1. The minimum Gasteiger partial charge on any atom is -0.492 e. The van der Waals surface area contributed by atoms with Crippen molar-refractivity contribution < 1.29 is 14.3 Å². The van der Waals surface area contributed by atoms with E-state index in [1.165, 1.54) is 0 Å². The van der Waals surface area contributed by atoms with E-state index in [0.29, 0.717) is 50.4 Å². The molecule has 0 saturated carbocycles. The topological polar surface area (TPSA) is 136 Å². The third-order valence-corrected chi connectivity index (χ3v) is 7.74. The number of allylic oxidation sites excluding steroid dienone is 1. The Hall–Kier alpha value is -4.81. The van der Waals surface area contributed by atoms with Gasteiger partial charge in [-0.3, -0.25) is 19.1 Å². The van der Waals surface area contributed by atoms with Crippen LogP contribution in [0.15, 0.2) is 72.4 Å². The van der Waals surface area contributed by atoms with Gasteiger partial charge in [0, 0.05) is 63.0 Å². The summed E-state index contributed by atoms with van der Waals surface area (Å²) >= 11 is 0. The lowest BCUT2D eigenvalue weighted by molar-refractivity contribution is -0.143. The summed E-state index contributed by atoms with van der Waals surface area (Å²) in [5, 5.41) is 3.37. The molecule has 6 rings (SSSR count). The largest absolute Gasteiger partial charge is 0.492 e. The molecule has 0 bridgehead atoms. The number of aromatic nitrogens is 4. The summed E-state index contributed by atoms with van der Waals surface area (Å²) in [6, 6.07) is 14.2. The van der Waals surface area contributed by atoms with Crippen LogP contribution in [0.25, 0.3) is 22.6 Å². The van der Waals surface area contributed by atoms with Crippen LogP contribution < -0.4 is 15.8 Å². The van der Waals surface area contributed by atoms with Crippen LogP contribution in [-0.4, -0.2) is 100 Å². The zero-order chi connectivity index (χ0) is 29.6. The van der Waals surface area contributed by atoms with Crippen LogP contribution in [0.2, 0.25) is 0 Å². The Labute approximate surface area is 249 Å². The van der Waals surface area contributed by atoms with E-state index in [-0.39, 0.29) is 5.91 Å². The van der Waals surface area contributed by atoms with Gasteiger partial charge in [0.25, 0.3) is 0 Å². The number of carbonyl (C=O) groups is 1. The minimum absolute atomic E-state index is 0.142. The van der Waals surface area contributed by atoms with E-state index in [1.807, 2.05) is 58.0 Å². The van der Waals surface area contributed by atoms with E-state index < -0.39 is 0 Å². The van der Waals surface area contributed by atoms with Crippen LogP contribution >= 0.6 is 0 Å². The standard InChI is InChI=1S/C31H35N9O3/c1-33-16-24(14-32)23-4-2-22(3-5-23)15-34-29-13-27(36-21-37-29)28-17-35-30-12-26(6-7-40(28)30)43-11-10-38-8-9-39(18-31(38)41)25-19-42-20-25/h2-7,12-14,16-17,21,25H,8-11,15,18-20,32H2,1H3,(H,34,36,37). The van der Waals surface area contributed by atoms with Gasteiger partial charge in [-0.15, -0.1) is 0 Å². The highest BCUT2D eigenvalue weighted by Crippen LogP contribution is 2.24. The van der Waals surface area contributed by atoms with Crippen LogP contribution in [0.5, 0.6) is 5.75 Å². The quantitative estimate of drug-likeness (QED) is 0.256. The fourth-order valence-corrected chi connectivity index (χ4v) is 5.18. The molecule has 43 heavy (non-hydrogen) atoms.